The molecule has 0 bridgehead atoms. The van der Waals surface area contributed by atoms with Crippen LogP contribution in [0.2, 0.25) is 0 Å². The van der Waals surface area contributed by atoms with Crippen LogP contribution in [0.5, 0.6) is 0 Å². The molecule has 0 aromatic rings. The van der Waals surface area contributed by atoms with Crippen molar-refractivity contribution in [2.45, 2.75) is 51.6 Å². The highest BCUT2D eigenvalue weighted by molar-refractivity contribution is 4.92. The molecule has 2 rings (SSSR count). The van der Waals surface area contributed by atoms with Crippen LogP contribution in [0.25, 0.3) is 0 Å². The van der Waals surface area contributed by atoms with Crippen LogP contribution in [0, 0.1) is 5.41 Å². The first-order valence-corrected chi connectivity index (χ1v) is 7.59. The first-order chi connectivity index (χ1) is 8.48. The Morgan fingerprint density at radius 2 is 1.89 bits per heavy atom. The summed E-state index contributed by atoms with van der Waals surface area (Å²) >= 11 is 0. The molecular weight excluding hydrogens is 222 g/mol. The summed E-state index contributed by atoms with van der Waals surface area (Å²) in [6, 6.07) is 1.53. The van der Waals surface area contributed by atoms with Gasteiger partial charge in [0.25, 0.3) is 0 Å². The topological polar surface area (TPSA) is 18.5 Å². The largest absolute Gasteiger partial charge is 0.315 e. The number of nitrogens with one attached hydrogen (secondary N) is 1. The van der Waals surface area contributed by atoms with Crippen molar-refractivity contribution in [3.8, 4) is 0 Å². The molecular formula is C15H31N3. The Bertz CT molecular complexity index is 256. The van der Waals surface area contributed by atoms with E-state index in [0.717, 1.165) is 19.1 Å². The van der Waals surface area contributed by atoms with Crippen molar-refractivity contribution in [2.24, 2.45) is 5.41 Å². The lowest BCUT2D eigenvalue weighted by Crippen LogP contribution is -2.51. The molecule has 1 aliphatic carbocycles. The van der Waals surface area contributed by atoms with Gasteiger partial charge in [0, 0.05) is 38.3 Å². The summed E-state index contributed by atoms with van der Waals surface area (Å²) in [4.78, 5) is 5.17. The number of rotatable bonds is 3. The van der Waals surface area contributed by atoms with E-state index in [9.17, 15) is 0 Å². The second kappa shape index (κ2) is 5.89. The molecule has 0 aromatic carbocycles. The summed E-state index contributed by atoms with van der Waals surface area (Å²) in [5, 5.41) is 3.68. The molecule has 1 N–H and O–H groups in total. The lowest BCUT2D eigenvalue weighted by atomic mass is 9.92. The summed E-state index contributed by atoms with van der Waals surface area (Å²) in [7, 11) is 4.39. The van der Waals surface area contributed by atoms with Gasteiger partial charge in [0.05, 0.1) is 0 Å². The fourth-order valence-electron chi connectivity index (χ4n) is 3.63. The molecule has 106 valence electrons. The monoisotopic (exact) mass is 253 g/mol. The van der Waals surface area contributed by atoms with E-state index < -0.39 is 0 Å². The van der Waals surface area contributed by atoms with E-state index in [4.69, 9.17) is 0 Å². The Labute approximate surface area is 113 Å². The Hall–Kier alpha value is -0.120. The van der Waals surface area contributed by atoms with Gasteiger partial charge in [-0.25, -0.2) is 0 Å². The van der Waals surface area contributed by atoms with Crippen LogP contribution in [0.3, 0.4) is 0 Å². The third-order valence-corrected chi connectivity index (χ3v) is 4.43. The first kappa shape index (κ1) is 14.3. The maximum absolute atomic E-state index is 3.68. The fourth-order valence-corrected chi connectivity index (χ4v) is 3.63. The van der Waals surface area contributed by atoms with Crippen molar-refractivity contribution < 1.29 is 0 Å². The molecule has 0 radical (unpaired) electrons. The third kappa shape index (κ3) is 3.69. The number of likely N-dealkylation sites (N-methyl/N-ethyl adjacent to an activating group) is 1. The van der Waals surface area contributed by atoms with Gasteiger partial charge in [-0.15, -0.1) is 0 Å². The van der Waals surface area contributed by atoms with E-state index in [0.29, 0.717) is 11.5 Å². The Kier molecular flexibility index (Phi) is 4.68. The molecule has 3 heteroatoms. The molecule has 0 aromatic heterocycles. The molecule has 3 nitrogen and oxygen atoms in total. The summed E-state index contributed by atoms with van der Waals surface area (Å²) in [6.45, 7) is 9.54. The number of hydrogen-bond acceptors (Lipinski definition) is 3. The zero-order chi connectivity index (χ0) is 13.2. The highest BCUT2D eigenvalue weighted by Gasteiger charge is 2.35. The summed E-state index contributed by atoms with van der Waals surface area (Å²) in [6.07, 6.45) is 5.70. The Morgan fingerprint density at radius 3 is 2.50 bits per heavy atom. The van der Waals surface area contributed by atoms with Crippen LogP contribution >= 0.6 is 0 Å². The van der Waals surface area contributed by atoms with E-state index in [2.05, 4.69) is 43.1 Å². The van der Waals surface area contributed by atoms with Gasteiger partial charge < -0.3 is 10.2 Å². The Morgan fingerprint density at radius 1 is 1.22 bits per heavy atom. The zero-order valence-electron chi connectivity index (χ0n) is 12.7. The maximum atomic E-state index is 3.68. The number of nitrogens with zero attached hydrogens (tertiary/aromatic N) is 2. The van der Waals surface area contributed by atoms with Gasteiger partial charge in [-0.2, -0.15) is 0 Å². The minimum Gasteiger partial charge on any atom is -0.315 e. The predicted molar refractivity (Wildman–Crippen MR) is 78.0 cm³/mol. The van der Waals surface area contributed by atoms with Gasteiger partial charge >= 0.3 is 0 Å². The van der Waals surface area contributed by atoms with Crippen molar-refractivity contribution in [3.63, 3.8) is 0 Å². The smallest absolute Gasteiger partial charge is 0.0350 e. The summed E-state index contributed by atoms with van der Waals surface area (Å²) < 4.78 is 0. The minimum atomic E-state index is 0.406. The van der Waals surface area contributed by atoms with Crippen LogP contribution in [0.15, 0.2) is 0 Å². The van der Waals surface area contributed by atoms with Crippen LogP contribution in [-0.2, 0) is 0 Å². The van der Waals surface area contributed by atoms with Gasteiger partial charge in [0.1, 0.15) is 0 Å². The molecule has 1 unspecified atom stereocenters. The van der Waals surface area contributed by atoms with E-state index in [1.807, 2.05) is 0 Å². The predicted octanol–water partition coefficient (Wildman–Crippen LogP) is 1.79. The van der Waals surface area contributed by atoms with Gasteiger partial charge in [-0.3, -0.25) is 4.90 Å². The van der Waals surface area contributed by atoms with E-state index >= 15 is 0 Å². The SMILES string of the molecule is CN(C)CC1CNCC(C)(C)CN1C1CCCC1. The van der Waals surface area contributed by atoms with Crippen LogP contribution in [-0.4, -0.2) is 62.2 Å². The third-order valence-electron chi connectivity index (χ3n) is 4.43. The molecule has 0 spiro atoms. The fraction of sp³-hybridized carbons (Fsp3) is 1.00. The standard InChI is InChI=1S/C15H31N3/c1-15(2)11-16-9-14(10-17(3)4)18(12-15)13-7-5-6-8-13/h13-14,16H,5-12H2,1-4H3. The van der Waals surface area contributed by atoms with Crippen molar-refractivity contribution in [1.82, 2.24) is 15.1 Å². The van der Waals surface area contributed by atoms with E-state index in [1.54, 1.807) is 0 Å². The van der Waals surface area contributed by atoms with Crippen molar-refractivity contribution in [3.05, 3.63) is 0 Å². The molecule has 18 heavy (non-hydrogen) atoms. The lowest BCUT2D eigenvalue weighted by Gasteiger charge is -2.39. The Balaban J connectivity index is 2.09. The van der Waals surface area contributed by atoms with Gasteiger partial charge in [-0.05, 0) is 32.4 Å². The van der Waals surface area contributed by atoms with Crippen molar-refractivity contribution >= 4 is 0 Å². The van der Waals surface area contributed by atoms with Crippen molar-refractivity contribution in [1.29, 1.82) is 0 Å². The van der Waals surface area contributed by atoms with Crippen LogP contribution in [0.1, 0.15) is 39.5 Å². The average molecular weight is 253 g/mol. The minimum absolute atomic E-state index is 0.406. The van der Waals surface area contributed by atoms with Crippen molar-refractivity contribution in [2.75, 3.05) is 40.3 Å². The molecule has 1 atom stereocenters. The van der Waals surface area contributed by atoms with Gasteiger partial charge in [-0.1, -0.05) is 26.7 Å². The van der Waals surface area contributed by atoms with Gasteiger partial charge in [0.15, 0.2) is 0 Å². The molecule has 1 saturated heterocycles. The molecule has 1 aliphatic heterocycles. The zero-order valence-corrected chi connectivity index (χ0v) is 12.7. The molecule has 0 amide bonds. The molecule has 2 aliphatic rings. The van der Waals surface area contributed by atoms with E-state index in [1.165, 1.54) is 38.8 Å². The lowest BCUT2D eigenvalue weighted by molar-refractivity contribution is 0.0902. The van der Waals surface area contributed by atoms with E-state index in [-0.39, 0.29) is 0 Å². The molecule has 2 fully saturated rings. The highest BCUT2D eigenvalue weighted by atomic mass is 15.3. The number of hydrogen-bond donors (Lipinski definition) is 1. The highest BCUT2D eigenvalue weighted by Crippen LogP contribution is 2.30. The average Bonchev–Trinajstić information content (AvgIpc) is 2.72. The van der Waals surface area contributed by atoms with Gasteiger partial charge in [0.2, 0.25) is 0 Å². The summed E-state index contributed by atoms with van der Waals surface area (Å²) in [5.41, 5.74) is 0.406. The second-order valence-corrected chi connectivity index (χ2v) is 7.32. The first-order valence-electron chi connectivity index (χ1n) is 7.59. The molecule has 1 saturated carbocycles. The normalized spacial score (nSPS) is 30.8. The van der Waals surface area contributed by atoms with Crippen LogP contribution in [0.4, 0.5) is 0 Å². The molecule has 1 heterocycles. The quantitative estimate of drug-likeness (QED) is 0.827. The maximum Gasteiger partial charge on any atom is 0.0350 e. The summed E-state index contributed by atoms with van der Waals surface area (Å²) in [5.74, 6) is 0. The second-order valence-electron chi connectivity index (χ2n) is 7.32. The van der Waals surface area contributed by atoms with Crippen LogP contribution < -0.4 is 5.32 Å².